The van der Waals surface area contributed by atoms with Crippen molar-refractivity contribution in [2.45, 2.75) is 49.5 Å². The van der Waals surface area contributed by atoms with Gasteiger partial charge < -0.3 is 14.6 Å². The smallest absolute Gasteiger partial charge is 0.230 e. The maximum absolute atomic E-state index is 12.2. The molecular formula is C16H22N6O2S. The molecule has 9 heteroatoms. The van der Waals surface area contributed by atoms with Gasteiger partial charge in [0, 0.05) is 25.2 Å². The molecule has 1 aliphatic heterocycles. The number of hydrogen-bond donors (Lipinski definition) is 1. The van der Waals surface area contributed by atoms with E-state index in [0.717, 1.165) is 37.7 Å². The Hall–Kier alpha value is -1.87. The van der Waals surface area contributed by atoms with E-state index in [1.165, 1.54) is 24.6 Å². The Morgan fingerprint density at radius 2 is 2.16 bits per heavy atom. The fourth-order valence-electron chi connectivity index (χ4n) is 3.20. The molecule has 2 fully saturated rings. The van der Waals surface area contributed by atoms with Gasteiger partial charge in [-0.2, -0.15) is 0 Å². The first-order valence-corrected chi connectivity index (χ1v) is 9.71. The quantitative estimate of drug-likeness (QED) is 0.739. The van der Waals surface area contributed by atoms with Crippen LogP contribution in [0.4, 0.5) is 0 Å². The van der Waals surface area contributed by atoms with Gasteiger partial charge in [0.25, 0.3) is 0 Å². The second kappa shape index (κ2) is 7.57. The molecule has 1 amide bonds. The Balaban J connectivity index is 1.22. The summed E-state index contributed by atoms with van der Waals surface area (Å²) in [5, 5.41) is 15.4. The van der Waals surface area contributed by atoms with Crippen molar-refractivity contribution in [3.63, 3.8) is 0 Å². The standard InChI is InChI=1S/C16H22N6O2S/c23-15(17-12-5-7-21(8-6-12)13-3-4-13)11-25-16-18-19-20-22(16)10-14-2-1-9-24-14/h1-2,9,12-13H,3-8,10-11H2,(H,17,23). The molecule has 1 N–H and O–H groups in total. The Kier molecular flexibility index (Phi) is 5.02. The first-order valence-electron chi connectivity index (χ1n) is 8.72. The van der Waals surface area contributed by atoms with Gasteiger partial charge in [-0.3, -0.25) is 4.79 Å². The molecule has 4 rings (SSSR count). The SMILES string of the molecule is O=C(CSc1nnnn1Cc1ccco1)NC1CCN(C2CC2)CC1. The Bertz CT molecular complexity index is 691. The third-order valence-corrected chi connectivity index (χ3v) is 5.63. The average molecular weight is 362 g/mol. The minimum absolute atomic E-state index is 0.0439. The van der Waals surface area contributed by atoms with E-state index in [2.05, 4.69) is 25.7 Å². The van der Waals surface area contributed by atoms with Crippen LogP contribution in [0, 0.1) is 0 Å². The zero-order valence-electron chi connectivity index (χ0n) is 14.0. The summed E-state index contributed by atoms with van der Waals surface area (Å²) >= 11 is 1.35. The zero-order valence-corrected chi connectivity index (χ0v) is 14.8. The van der Waals surface area contributed by atoms with Gasteiger partial charge in [-0.1, -0.05) is 11.8 Å². The lowest BCUT2D eigenvalue weighted by molar-refractivity contribution is -0.119. The van der Waals surface area contributed by atoms with Crippen molar-refractivity contribution in [3.8, 4) is 0 Å². The van der Waals surface area contributed by atoms with Crippen LogP contribution in [-0.4, -0.2) is 61.9 Å². The third-order valence-electron chi connectivity index (χ3n) is 4.68. The summed E-state index contributed by atoms with van der Waals surface area (Å²) in [6.07, 6.45) is 6.40. The van der Waals surface area contributed by atoms with Gasteiger partial charge in [0.05, 0.1) is 12.0 Å². The van der Waals surface area contributed by atoms with Crippen LogP contribution in [-0.2, 0) is 11.3 Å². The summed E-state index contributed by atoms with van der Waals surface area (Å²) in [5.41, 5.74) is 0. The number of carbonyl (C=O) groups is 1. The number of thioether (sulfide) groups is 1. The summed E-state index contributed by atoms with van der Waals surface area (Å²) < 4.78 is 6.95. The van der Waals surface area contributed by atoms with Crippen LogP contribution >= 0.6 is 11.8 Å². The van der Waals surface area contributed by atoms with Crippen LogP contribution in [0.5, 0.6) is 0 Å². The number of furan rings is 1. The molecule has 1 saturated carbocycles. The number of nitrogens with zero attached hydrogens (tertiary/aromatic N) is 5. The molecule has 3 heterocycles. The lowest BCUT2D eigenvalue weighted by Gasteiger charge is -2.32. The van der Waals surface area contributed by atoms with E-state index < -0.39 is 0 Å². The van der Waals surface area contributed by atoms with Gasteiger partial charge in [0.15, 0.2) is 0 Å². The van der Waals surface area contributed by atoms with Crippen LogP contribution in [0.2, 0.25) is 0 Å². The van der Waals surface area contributed by atoms with Crippen molar-refractivity contribution in [2.24, 2.45) is 0 Å². The molecule has 2 aliphatic rings. The molecule has 0 unspecified atom stereocenters. The predicted octanol–water partition coefficient (Wildman–Crippen LogP) is 1.15. The molecule has 2 aromatic heterocycles. The predicted molar refractivity (Wildman–Crippen MR) is 92.1 cm³/mol. The molecular weight excluding hydrogens is 340 g/mol. The molecule has 0 spiro atoms. The maximum atomic E-state index is 12.2. The highest BCUT2D eigenvalue weighted by Gasteiger charge is 2.32. The number of tetrazole rings is 1. The van der Waals surface area contributed by atoms with Crippen molar-refractivity contribution in [3.05, 3.63) is 24.2 Å². The van der Waals surface area contributed by atoms with E-state index in [-0.39, 0.29) is 5.91 Å². The summed E-state index contributed by atoms with van der Waals surface area (Å²) in [6, 6.07) is 4.81. The Labute approximate surface area is 150 Å². The Morgan fingerprint density at radius 3 is 2.88 bits per heavy atom. The van der Waals surface area contributed by atoms with Gasteiger partial charge in [0.1, 0.15) is 12.3 Å². The number of likely N-dealkylation sites (tertiary alicyclic amines) is 1. The first kappa shape index (κ1) is 16.6. The first-order chi connectivity index (χ1) is 12.3. The van der Waals surface area contributed by atoms with Gasteiger partial charge in [-0.15, -0.1) is 5.10 Å². The van der Waals surface area contributed by atoms with Gasteiger partial charge in [0.2, 0.25) is 11.1 Å². The fourth-order valence-corrected chi connectivity index (χ4v) is 3.89. The van der Waals surface area contributed by atoms with Crippen LogP contribution in [0.15, 0.2) is 28.0 Å². The van der Waals surface area contributed by atoms with E-state index in [0.29, 0.717) is 23.5 Å². The van der Waals surface area contributed by atoms with E-state index in [1.807, 2.05) is 12.1 Å². The third kappa shape index (κ3) is 4.40. The number of hydrogen-bond acceptors (Lipinski definition) is 7. The number of piperidine rings is 1. The monoisotopic (exact) mass is 362 g/mol. The van der Waals surface area contributed by atoms with Gasteiger partial charge in [-0.05, 0) is 48.2 Å². The number of nitrogens with one attached hydrogen (secondary N) is 1. The maximum Gasteiger partial charge on any atom is 0.230 e. The van der Waals surface area contributed by atoms with Gasteiger partial charge in [-0.25, -0.2) is 4.68 Å². The molecule has 0 radical (unpaired) electrons. The molecule has 8 nitrogen and oxygen atoms in total. The van der Waals surface area contributed by atoms with Gasteiger partial charge >= 0.3 is 0 Å². The normalized spacial score (nSPS) is 19.2. The largest absolute Gasteiger partial charge is 0.467 e. The molecule has 134 valence electrons. The molecule has 25 heavy (non-hydrogen) atoms. The van der Waals surface area contributed by atoms with E-state index in [4.69, 9.17) is 4.42 Å². The molecule has 2 aromatic rings. The van der Waals surface area contributed by atoms with Crippen molar-refractivity contribution in [1.29, 1.82) is 0 Å². The van der Waals surface area contributed by atoms with Crippen LogP contribution in [0.3, 0.4) is 0 Å². The number of carbonyl (C=O) groups excluding carboxylic acids is 1. The van der Waals surface area contributed by atoms with Crippen molar-refractivity contribution in [1.82, 2.24) is 30.4 Å². The number of aromatic nitrogens is 4. The lowest BCUT2D eigenvalue weighted by atomic mass is 10.1. The molecule has 0 bridgehead atoms. The summed E-state index contributed by atoms with van der Waals surface area (Å²) in [4.78, 5) is 14.8. The average Bonchev–Trinajstić information content (AvgIpc) is 3.17. The molecule has 1 saturated heterocycles. The number of amides is 1. The summed E-state index contributed by atoms with van der Waals surface area (Å²) in [7, 11) is 0. The van der Waals surface area contributed by atoms with E-state index in [1.54, 1.807) is 10.9 Å². The second-order valence-corrected chi connectivity index (χ2v) is 7.54. The summed E-state index contributed by atoms with van der Waals surface area (Å²) in [6.45, 7) is 2.66. The van der Waals surface area contributed by atoms with E-state index >= 15 is 0 Å². The minimum Gasteiger partial charge on any atom is -0.467 e. The van der Waals surface area contributed by atoms with Crippen LogP contribution in [0.1, 0.15) is 31.4 Å². The second-order valence-electron chi connectivity index (χ2n) is 6.60. The minimum atomic E-state index is 0.0439. The fraction of sp³-hybridized carbons (Fsp3) is 0.625. The summed E-state index contributed by atoms with van der Waals surface area (Å²) in [5.74, 6) is 1.14. The lowest BCUT2D eigenvalue weighted by Crippen LogP contribution is -2.45. The topological polar surface area (TPSA) is 89.1 Å². The molecule has 1 aliphatic carbocycles. The molecule has 0 aromatic carbocycles. The van der Waals surface area contributed by atoms with Crippen molar-refractivity contribution < 1.29 is 9.21 Å². The highest BCUT2D eigenvalue weighted by Crippen LogP contribution is 2.29. The zero-order chi connectivity index (χ0) is 17.1. The van der Waals surface area contributed by atoms with Crippen molar-refractivity contribution >= 4 is 17.7 Å². The van der Waals surface area contributed by atoms with Crippen LogP contribution < -0.4 is 5.32 Å². The van der Waals surface area contributed by atoms with Crippen LogP contribution in [0.25, 0.3) is 0 Å². The highest BCUT2D eigenvalue weighted by atomic mass is 32.2. The highest BCUT2D eigenvalue weighted by molar-refractivity contribution is 7.99. The molecule has 0 atom stereocenters. The number of rotatable bonds is 7. The Morgan fingerprint density at radius 1 is 1.32 bits per heavy atom. The van der Waals surface area contributed by atoms with E-state index in [9.17, 15) is 4.79 Å². The van der Waals surface area contributed by atoms with Crippen molar-refractivity contribution in [2.75, 3.05) is 18.8 Å².